The van der Waals surface area contributed by atoms with E-state index in [0.29, 0.717) is 34.5 Å². The van der Waals surface area contributed by atoms with Gasteiger partial charge < -0.3 is 4.42 Å². The number of nitrogens with zero attached hydrogens (tertiary/aromatic N) is 5. The monoisotopic (exact) mass is 417 g/mol. The second-order valence-corrected chi connectivity index (χ2v) is 7.81. The number of aromatic nitrogens is 5. The Morgan fingerprint density at radius 1 is 1.03 bits per heavy atom. The third kappa shape index (κ3) is 3.19. The Hall–Kier alpha value is -3.39. The predicted molar refractivity (Wildman–Crippen MR) is 117 cm³/mol. The van der Waals surface area contributed by atoms with E-state index >= 15 is 0 Å². The van der Waals surface area contributed by atoms with Crippen LogP contribution in [0.4, 0.5) is 0 Å². The summed E-state index contributed by atoms with van der Waals surface area (Å²) < 4.78 is 9.54. The van der Waals surface area contributed by atoms with E-state index in [9.17, 15) is 4.79 Å². The summed E-state index contributed by atoms with van der Waals surface area (Å²) in [6, 6.07) is 17.4. The van der Waals surface area contributed by atoms with Crippen molar-refractivity contribution in [3.63, 3.8) is 0 Å². The number of aryl methyl sites for hydroxylation is 1. The van der Waals surface area contributed by atoms with Crippen LogP contribution >= 0.6 is 11.8 Å². The molecule has 3 aromatic heterocycles. The number of benzene rings is 2. The van der Waals surface area contributed by atoms with Crippen LogP contribution in [0.5, 0.6) is 0 Å². The van der Waals surface area contributed by atoms with Crippen LogP contribution in [0.2, 0.25) is 0 Å². The normalized spacial score (nSPS) is 11.5. The van der Waals surface area contributed by atoms with E-state index < -0.39 is 0 Å². The molecular formula is C22H19N5O2S. The number of thioether (sulfide) groups is 1. The second-order valence-electron chi connectivity index (χ2n) is 6.86. The first-order chi connectivity index (χ1) is 14.8. The fourth-order valence-electron chi connectivity index (χ4n) is 3.49. The van der Waals surface area contributed by atoms with Crippen LogP contribution in [-0.2, 0) is 12.3 Å². The number of rotatable bonds is 6. The van der Waals surface area contributed by atoms with E-state index in [4.69, 9.17) is 4.42 Å². The first kappa shape index (κ1) is 18.6. The summed E-state index contributed by atoms with van der Waals surface area (Å²) >= 11 is 1.48. The van der Waals surface area contributed by atoms with Crippen molar-refractivity contribution in [3.05, 3.63) is 77.0 Å². The van der Waals surface area contributed by atoms with Crippen molar-refractivity contribution in [2.24, 2.45) is 0 Å². The molecule has 0 fully saturated rings. The van der Waals surface area contributed by atoms with E-state index in [-0.39, 0.29) is 5.56 Å². The van der Waals surface area contributed by atoms with Gasteiger partial charge in [-0.15, -0.1) is 10.2 Å². The van der Waals surface area contributed by atoms with Gasteiger partial charge in [-0.25, -0.2) is 4.98 Å². The first-order valence-electron chi connectivity index (χ1n) is 9.76. The molecule has 5 aromatic rings. The van der Waals surface area contributed by atoms with Crippen LogP contribution in [0.1, 0.15) is 19.2 Å². The van der Waals surface area contributed by atoms with E-state index in [1.807, 2.05) is 65.9 Å². The lowest BCUT2D eigenvalue weighted by atomic mass is 10.2. The molecule has 0 bridgehead atoms. The summed E-state index contributed by atoms with van der Waals surface area (Å²) in [4.78, 5) is 17.3. The Morgan fingerprint density at radius 3 is 2.67 bits per heavy atom. The third-order valence-electron chi connectivity index (χ3n) is 4.86. The average molecular weight is 417 g/mol. The largest absolute Gasteiger partial charge is 0.440 e. The highest BCUT2D eigenvalue weighted by atomic mass is 32.2. The van der Waals surface area contributed by atoms with Gasteiger partial charge in [0.1, 0.15) is 0 Å². The summed E-state index contributed by atoms with van der Waals surface area (Å²) in [6.45, 7) is 2.63. The molecule has 0 unspecified atom stereocenters. The highest BCUT2D eigenvalue weighted by Crippen LogP contribution is 2.26. The smallest absolute Gasteiger partial charge is 0.262 e. The highest BCUT2D eigenvalue weighted by Gasteiger charge is 2.17. The Labute approximate surface area is 176 Å². The standard InChI is InChI=1S/C22H19N5O2S/c1-2-12-26-20(28)16-10-6-7-11-17(16)27-21(26)24-25-22(27)30-14-19-23-13-18(29-19)15-8-4-3-5-9-15/h3-11,13H,2,12,14H2,1H3. The molecule has 0 saturated carbocycles. The zero-order valence-corrected chi connectivity index (χ0v) is 17.2. The van der Waals surface area contributed by atoms with Gasteiger partial charge in [-0.05, 0) is 18.6 Å². The molecule has 30 heavy (non-hydrogen) atoms. The first-order valence-corrected chi connectivity index (χ1v) is 10.7. The Kier molecular flexibility index (Phi) is 4.84. The molecule has 0 N–H and O–H groups in total. The zero-order valence-electron chi connectivity index (χ0n) is 16.4. The lowest BCUT2D eigenvalue weighted by molar-refractivity contribution is 0.530. The summed E-state index contributed by atoms with van der Waals surface area (Å²) in [5.74, 6) is 2.41. The molecule has 8 heteroatoms. The van der Waals surface area contributed by atoms with Crippen LogP contribution in [-0.4, -0.2) is 24.1 Å². The van der Waals surface area contributed by atoms with Crippen LogP contribution in [0.15, 0.2) is 75.2 Å². The van der Waals surface area contributed by atoms with Crippen molar-refractivity contribution in [2.75, 3.05) is 0 Å². The van der Waals surface area contributed by atoms with Gasteiger partial charge in [-0.2, -0.15) is 0 Å². The summed E-state index contributed by atoms with van der Waals surface area (Å²) in [6.07, 6.45) is 2.57. The lowest BCUT2D eigenvalue weighted by Gasteiger charge is -2.10. The molecule has 5 rings (SSSR count). The van der Waals surface area contributed by atoms with E-state index in [1.165, 1.54) is 11.8 Å². The predicted octanol–water partition coefficient (Wildman–Crippen LogP) is 4.40. The number of oxazole rings is 1. The minimum atomic E-state index is -0.0379. The molecule has 3 heterocycles. The summed E-state index contributed by atoms with van der Waals surface area (Å²) in [7, 11) is 0. The molecule has 7 nitrogen and oxygen atoms in total. The number of para-hydroxylation sites is 1. The maximum atomic E-state index is 12.9. The average Bonchev–Trinajstić information content (AvgIpc) is 3.43. The molecule has 0 aliphatic carbocycles. The minimum Gasteiger partial charge on any atom is -0.440 e. The molecule has 0 spiro atoms. The van der Waals surface area contributed by atoms with Crippen LogP contribution < -0.4 is 5.56 Å². The molecule has 0 saturated heterocycles. The molecule has 0 aliphatic heterocycles. The fourth-order valence-corrected chi connectivity index (χ4v) is 4.29. The van der Waals surface area contributed by atoms with E-state index in [1.54, 1.807) is 10.8 Å². The van der Waals surface area contributed by atoms with Crippen molar-refractivity contribution >= 4 is 28.4 Å². The van der Waals surface area contributed by atoms with Gasteiger partial charge >= 0.3 is 0 Å². The minimum absolute atomic E-state index is 0.0379. The van der Waals surface area contributed by atoms with Gasteiger partial charge in [0.25, 0.3) is 5.56 Å². The van der Waals surface area contributed by atoms with Crippen molar-refractivity contribution in [1.82, 2.24) is 24.1 Å². The molecule has 150 valence electrons. The van der Waals surface area contributed by atoms with E-state index in [2.05, 4.69) is 15.2 Å². The number of hydrogen-bond acceptors (Lipinski definition) is 6. The van der Waals surface area contributed by atoms with Crippen molar-refractivity contribution in [1.29, 1.82) is 0 Å². The van der Waals surface area contributed by atoms with Gasteiger partial charge in [0, 0.05) is 12.1 Å². The molecule has 0 radical (unpaired) electrons. The maximum Gasteiger partial charge on any atom is 0.262 e. The number of fused-ring (bicyclic) bond motifs is 3. The second kappa shape index (κ2) is 7.79. The molecule has 0 atom stereocenters. The maximum absolute atomic E-state index is 12.9. The summed E-state index contributed by atoms with van der Waals surface area (Å²) in [5, 5.41) is 10.0. The van der Waals surface area contributed by atoms with Gasteiger partial charge in [-0.1, -0.05) is 61.2 Å². The highest BCUT2D eigenvalue weighted by molar-refractivity contribution is 7.98. The Morgan fingerprint density at radius 2 is 1.83 bits per heavy atom. The molecular weight excluding hydrogens is 398 g/mol. The quantitative estimate of drug-likeness (QED) is 0.381. The van der Waals surface area contributed by atoms with Crippen LogP contribution in [0, 0.1) is 0 Å². The van der Waals surface area contributed by atoms with Crippen molar-refractivity contribution < 1.29 is 4.42 Å². The topological polar surface area (TPSA) is 78.2 Å². The van der Waals surface area contributed by atoms with Gasteiger partial charge in [-0.3, -0.25) is 13.8 Å². The van der Waals surface area contributed by atoms with Crippen LogP contribution in [0.3, 0.4) is 0 Å². The summed E-state index contributed by atoms with van der Waals surface area (Å²) in [5.41, 5.74) is 1.75. The molecule has 0 amide bonds. The lowest BCUT2D eigenvalue weighted by Crippen LogP contribution is -2.23. The number of hydrogen-bond donors (Lipinski definition) is 0. The molecule has 2 aromatic carbocycles. The van der Waals surface area contributed by atoms with Crippen molar-refractivity contribution in [3.8, 4) is 11.3 Å². The fraction of sp³-hybridized carbons (Fsp3) is 0.182. The van der Waals surface area contributed by atoms with Crippen molar-refractivity contribution in [2.45, 2.75) is 30.8 Å². The van der Waals surface area contributed by atoms with Crippen LogP contribution in [0.25, 0.3) is 28.0 Å². The van der Waals surface area contributed by atoms with Gasteiger partial charge in [0.05, 0.1) is 22.9 Å². The van der Waals surface area contributed by atoms with E-state index in [0.717, 1.165) is 23.3 Å². The van der Waals surface area contributed by atoms with Gasteiger partial charge in [0.2, 0.25) is 11.7 Å². The SMILES string of the molecule is CCCn1c(=O)c2ccccc2n2c(SCc3ncc(-c4ccccc4)o3)nnc12. The van der Waals surface area contributed by atoms with Gasteiger partial charge in [0.15, 0.2) is 10.9 Å². The third-order valence-corrected chi connectivity index (χ3v) is 5.78. The Bertz CT molecular complexity index is 1390. The Balaban J connectivity index is 1.51. The molecule has 0 aliphatic rings. The zero-order chi connectivity index (χ0) is 20.5.